The van der Waals surface area contributed by atoms with Gasteiger partial charge in [0.25, 0.3) is 5.91 Å². The molecule has 2 aromatic rings. The number of hydrogen-bond donors (Lipinski definition) is 2. The fraction of sp³-hybridized carbons (Fsp3) is 0.300. The van der Waals surface area contributed by atoms with Gasteiger partial charge in [0.15, 0.2) is 15.0 Å². The average Bonchev–Trinajstić information content (AvgIpc) is 3.16. The van der Waals surface area contributed by atoms with Crippen LogP contribution in [-0.4, -0.2) is 48.9 Å². The van der Waals surface area contributed by atoms with E-state index in [-0.39, 0.29) is 28.7 Å². The number of para-hydroxylation sites is 2. The normalized spacial score (nSPS) is 21.9. The summed E-state index contributed by atoms with van der Waals surface area (Å²) in [5, 5.41) is 6.75. The van der Waals surface area contributed by atoms with Crippen molar-refractivity contribution in [3.05, 3.63) is 54.1 Å². The van der Waals surface area contributed by atoms with E-state index in [9.17, 15) is 13.2 Å². The number of benzene rings is 2. The van der Waals surface area contributed by atoms with Crippen molar-refractivity contribution >= 4 is 44.0 Å². The van der Waals surface area contributed by atoms with Crippen molar-refractivity contribution in [2.24, 2.45) is 4.99 Å². The lowest BCUT2D eigenvalue weighted by atomic mass is 10.2. The highest BCUT2D eigenvalue weighted by atomic mass is 32.2. The average molecular weight is 432 g/mol. The first-order chi connectivity index (χ1) is 13.9. The lowest BCUT2D eigenvalue weighted by molar-refractivity contribution is 0.102. The molecule has 0 radical (unpaired) electrons. The van der Waals surface area contributed by atoms with Gasteiger partial charge >= 0.3 is 0 Å². The van der Waals surface area contributed by atoms with Crippen LogP contribution in [0.25, 0.3) is 0 Å². The Morgan fingerprint density at radius 3 is 2.83 bits per heavy atom. The van der Waals surface area contributed by atoms with Crippen molar-refractivity contribution in [1.29, 1.82) is 0 Å². The summed E-state index contributed by atoms with van der Waals surface area (Å²) in [7, 11) is -2.98. The molecule has 0 bridgehead atoms. The van der Waals surface area contributed by atoms with Crippen molar-refractivity contribution in [2.75, 3.05) is 28.7 Å². The molecule has 2 aliphatic heterocycles. The second-order valence-corrected chi connectivity index (χ2v) is 10.2. The highest BCUT2D eigenvalue weighted by molar-refractivity contribution is 8.15. The quantitative estimate of drug-likeness (QED) is 0.755. The molecule has 152 valence electrons. The second kappa shape index (κ2) is 8.08. The maximum absolute atomic E-state index is 12.7. The van der Waals surface area contributed by atoms with Gasteiger partial charge in [-0.3, -0.25) is 9.79 Å². The third-order valence-electron chi connectivity index (χ3n) is 4.63. The maximum atomic E-state index is 12.7. The number of aliphatic imine (C=N–C) groups is 1. The van der Waals surface area contributed by atoms with Crippen molar-refractivity contribution in [2.45, 2.75) is 18.2 Å². The van der Waals surface area contributed by atoms with Gasteiger partial charge in [-0.15, -0.1) is 0 Å². The fourth-order valence-corrected chi connectivity index (χ4v) is 7.00. The number of ether oxygens (including phenoxy) is 1. The summed E-state index contributed by atoms with van der Waals surface area (Å²) in [6.45, 7) is 2.40. The van der Waals surface area contributed by atoms with Gasteiger partial charge in [0.2, 0.25) is 0 Å². The minimum absolute atomic E-state index is 0.0240. The van der Waals surface area contributed by atoms with Crippen LogP contribution in [0, 0.1) is 0 Å². The Labute approximate surface area is 173 Å². The summed E-state index contributed by atoms with van der Waals surface area (Å²) in [6, 6.07) is 14.2. The SMILES string of the molecule is CCOc1ccccc1NC(=O)c1cccc(NC2=N[C@@H]3CS(=O)(=O)C[C@@H]3S2)c1. The summed E-state index contributed by atoms with van der Waals surface area (Å²) in [6.07, 6.45) is 0. The van der Waals surface area contributed by atoms with E-state index in [0.717, 1.165) is 5.69 Å². The van der Waals surface area contributed by atoms with Crippen LogP contribution in [-0.2, 0) is 9.84 Å². The Bertz CT molecular complexity index is 1070. The van der Waals surface area contributed by atoms with E-state index in [0.29, 0.717) is 28.8 Å². The first kappa shape index (κ1) is 19.8. The lowest BCUT2D eigenvalue weighted by Crippen LogP contribution is -2.14. The summed E-state index contributed by atoms with van der Waals surface area (Å²) >= 11 is 1.45. The van der Waals surface area contributed by atoms with Gasteiger partial charge in [-0.05, 0) is 37.3 Å². The monoisotopic (exact) mass is 431 g/mol. The van der Waals surface area contributed by atoms with E-state index in [2.05, 4.69) is 15.6 Å². The maximum Gasteiger partial charge on any atom is 0.255 e. The Morgan fingerprint density at radius 2 is 2.03 bits per heavy atom. The highest BCUT2D eigenvalue weighted by Gasteiger charge is 2.42. The standard InChI is InChI=1S/C20H21N3O4S2/c1-2-27-17-9-4-3-8-15(17)22-19(24)13-6-5-7-14(10-13)21-20-23-16-11-29(25,26)12-18(16)28-20/h3-10,16,18H,2,11-12H2,1H3,(H,21,23)(H,22,24)/t16-,18+/m1/s1. The van der Waals surface area contributed by atoms with E-state index >= 15 is 0 Å². The number of sulfone groups is 1. The summed E-state index contributed by atoms with van der Waals surface area (Å²) < 4.78 is 28.9. The molecule has 2 N–H and O–H groups in total. The molecule has 0 saturated carbocycles. The van der Waals surface area contributed by atoms with Gasteiger partial charge in [0, 0.05) is 16.5 Å². The number of anilines is 2. The first-order valence-corrected chi connectivity index (χ1v) is 12.0. The molecule has 2 aliphatic rings. The smallest absolute Gasteiger partial charge is 0.255 e. The molecule has 0 aromatic heterocycles. The predicted octanol–water partition coefficient (Wildman–Crippen LogP) is 3.02. The molecular weight excluding hydrogens is 410 g/mol. The van der Waals surface area contributed by atoms with Crippen LogP contribution in [0.4, 0.5) is 11.4 Å². The molecule has 4 rings (SSSR count). The van der Waals surface area contributed by atoms with Crippen LogP contribution in [0.5, 0.6) is 5.75 Å². The van der Waals surface area contributed by atoms with E-state index in [1.165, 1.54) is 11.8 Å². The molecule has 0 unspecified atom stereocenters. The van der Waals surface area contributed by atoms with Crippen molar-refractivity contribution in [1.82, 2.24) is 0 Å². The van der Waals surface area contributed by atoms with Gasteiger partial charge in [0.05, 0.1) is 29.8 Å². The van der Waals surface area contributed by atoms with Crippen LogP contribution in [0.1, 0.15) is 17.3 Å². The van der Waals surface area contributed by atoms with Crippen molar-refractivity contribution in [3.8, 4) is 5.75 Å². The molecule has 2 heterocycles. The van der Waals surface area contributed by atoms with Gasteiger partial charge < -0.3 is 15.4 Å². The van der Waals surface area contributed by atoms with Crippen LogP contribution in [0.2, 0.25) is 0 Å². The molecule has 29 heavy (non-hydrogen) atoms. The van der Waals surface area contributed by atoms with Gasteiger partial charge in [-0.25, -0.2) is 8.42 Å². The number of rotatable bonds is 5. The zero-order valence-electron chi connectivity index (χ0n) is 15.8. The molecule has 2 aromatic carbocycles. The number of amides is 1. The molecule has 1 fully saturated rings. The summed E-state index contributed by atoms with van der Waals surface area (Å²) in [4.78, 5) is 17.2. The molecule has 0 spiro atoms. The number of carbonyl (C=O) groups is 1. The third-order valence-corrected chi connectivity index (χ3v) is 7.77. The minimum Gasteiger partial charge on any atom is -0.492 e. The van der Waals surface area contributed by atoms with Crippen LogP contribution >= 0.6 is 11.8 Å². The van der Waals surface area contributed by atoms with E-state index < -0.39 is 9.84 Å². The number of thioether (sulfide) groups is 1. The Morgan fingerprint density at radius 1 is 1.21 bits per heavy atom. The molecule has 1 amide bonds. The number of nitrogens with one attached hydrogen (secondary N) is 2. The minimum atomic E-state index is -2.98. The molecule has 1 saturated heterocycles. The first-order valence-electron chi connectivity index (χ1n) is 9.28. The molecule has 0 aliphatic carbocycles. The largest absolute Gasteiger partial charge is 0.492 e. The number of carbonyl (C=O) groups excluding carboxylic acids is 1. The van der Waals surface area contributed by atoms with Gasteiger partial charge in [0.1, 0.15) is 5.75 Å². The molecule has 7 nitrogen and oxygen atoms in total. The van der Waals surface area contributed by atoms with Crippen LogP contribution in [0.3, 0.4) is 0 Å². The molecular formula is C20H21N3O4S2. The number of nitrogens with zero attached hydrogens (tertiary/aromatic N) is 1. The van der Waals surface area contributed by atoms with Crippen LogP contribution in [0.15, 0.2) is 53.5 Å². The predicted molar refractivity (Wildman–Crippen MR) is 117 cm³/mol. The third kappa shape index (κ3) is 4.56. The second-order valence-electron chi connectivity index (χ2n) is 6.82. The van der Waals surface area contributed by atoms with E-state index in [1.807, 2.05) is 31.2 Å². The van der Waals surface area contributed by atoms with E-state index in [4.69, 9.17) is 4.74 Å². The van der Waals surface area contributed by atoms with Gasteiger partial charge in [-0.2, -0.15) is 0 Å². The van der Waals surface area contributed by atoms with Crippen molar-refractivity contribution in [3.63, 3.8) is 0 Å². The summed E-state index contributed by atoms with van der Waals surface area (Å²) in [5.41, 5.74) is 1.83. The zero-order valence-corrected chi connectivity index (χ0v) is 17.4. The Hall–Kier alpha value is -2.52. The van der Waals surface area contributed by atoms with Crippen molar-refractivity contribution < 1.29 is 17.9 Å². The Kier molecular flexibility index (Phi) is 5.51. The number of fused-ring (bicyclic) bond motifs is 1. The molecule has 2 atom stereocenters. The summed E-state index contributed by atoms with van der Waals surface area (Å²) in [5.74, 6) is 0.650. The van der Waals surface area contributed by atoms with Gasteiger partial charge in [-0.1, -0.05) is 30.0 Å². The Balaban J connectivity index is 1.45. The lowest BCUT2D eigenvalue weighted by Gasteiger charge is -2.12. The highest BCUT2D eigenvalue weighted by Crippen LogP contribution is 2.34. The number of amidine groups is 1. The fourth-order valence-electron chi connectivity index (χ4n) is 3.32. The number of hydrogen-bond acceptors (Lipinski definition) is 7. The van der Waals surface area contributed by atoms with Crippen LogP contribution < -0.4 is 15.4 Å². The molecule has 9 heteroatoms. The zero-order chi connectivity index (χ0) is 20.4. The van der Waals surface area contributed by atoms with E-state index in [1.54, 1.807) is 24.3 Å². The topological polar surface area (TPSA) is 96.9 Å².